The van der Waals surface area contributed by atoms with E-state index >= 15 is 0 Å². The first-order chi connectivity index (χ1) is 8.72. The zero-order valence-electron chi connectivity index (χ0n) is 11.2. The van der Waals surface area contributed by atoms with E-state index in [0.717, 1.165) is 29.1 Å². The van der Waals surface area contributed by atoms with Crippen LogP contribution in [0.5, 0.6) is 5.75 Å². The number of hydrogen-bond acceptors (Lipinski definition) is 2. The highest BCUT2D eigenvalue weighted by Crippen LogP contribution is 2.35. The van der Waals surface area contributed by atoms with Crippen molar-refractivity contribution in [3.8, 4) is 5.75 Å². The Hall–Kier alpha value is -0.540. The van der Waals surface area contributed by atoms with Gasteiger partial charge in [0.2, 0.25) is 0 Å². The van der Waals surface area contributed by atoms with E-state index in [0.29, 0.717) is 6.04 Å². The molecule has 1 fully saturated rings. The molecule has 100 valence electrons. The van der Waals surface area contributed by atoms with Crippen molar-refractivity contribution in [2.75, 3.05) is 13.7 Å². The Bertz CT molecular complexity index is 390. The molecule has 0 aliphatic heterocycles. The molecule has 0 saturated heterocycles. The predicted molar refractivity (Wildman–Crippen MR) is 79.2 cm³/mol. The molecule has 0 aromatic heterocycles. The third kappa shape index (κ3) is 3.99. The lowest BCUT2D eigenvalue weighted by molar-refractivity contribution is 0.400. The largest absolute Gasteiger partial charge is 0.496 e. The van der Waals surface area contributed by atoms with Crippen molar-refractivity contribution in [1.29, 1.82) is 0 Å². The van der Waals surface area contributed by atoms with Crippen LogP contribution in [-0.4, -0.2) is 19.7 Å². The minimum Gasteiger partial charge on any atom is -0.496 e. The monoisotopic (exact) mass is 311 g/mol. The first kappa shape index (κ1) is 13.9. The molecular weight excluding hydrogens is 290 g/mol. The molecule has 18 heavy (non-hydrogen) atoms. The second-order valence-electron chi connectivity index (χ2n) is 5.09. The SMILES string of the molecule is CCNC(Cc1cc(Br)ccc1OC)CC1CC1. The van der Waals surface area contributed by atoms with Gasteiger partial charge in [-0.25, -0.2) is 0 Å². The lowest BCUT2D eigenvalue weighted by Crippen LogP contribution is -2.31. The highest BCUT2D eigenvalue weighted by Gasteiger charge is 2.25. The molecule has 0 spiro atoms. The molecule has 2 nitrogen and oxygen atoms in total. The summed E-state index contributed by atoms with van der Waals surface area (Å²) in [4.78, 5) is 0. The predicted octanol–water partition coefficient (Wildman–Crippen LogP) is 3.78. The number of methoxy groups -OCH3 is 1. The Morgan fingerprint density at radius 3 is 2.83 bits per heavy atom. The number of hydrogen-bond donors (Lipinski definition) is 1. The van der Waals surface area contributed by atoms with E-state index in [2.05, 4.69) is 34.2 Å². The number of benzene rings is 1. The Labute approximate surface area is 118 Å². The zero-order valence-corrected chi connectivity index (χ0v) is 12.8. The molecule has 1 unspecified atom stereocenters. The molecule has 1 aromatic rings. The van der Waals surface area contributed by atoms with E-state index in [1.54, 1.807) is 7.11 Å². The van der Waals surface area contributed by atoms with Gasteiger partial charge in [-0.3, -0.25) is 0 Å². The second-order valence-corrected chi connectivity index (χ2v) is 6.01. The Morgan fingerprint density at radius 1 is 1.44 bits per heavy atom. The summed E-state index contributed by atoms with van der Waals surface area (Å²) in [5, 5.41) is 3.60. The smallest absolute Gasteiger partial charge is 0.122 e. The van der Waals surface area contributed by atoms with Crippen molar-refractivity contribution in [1.82, 2.24) is 5.32 Å². The highest BCUT2D eigenvalue weighted by atomic mass is 79.9. The third-order valence-corrected chi connectivity index (χ3v) is 4.01. The third-order valence-electron chi connectivity index (χ3n) is 3.52. The van der Waals surface area contributed by atoms with Gasteiger partial charge >= 0.3 is 0 Å². The van der Waals surface area contributed by atoms with Gasteiger partial charge in [-0.1, -0.05) is 35.7 Å². The van der Waals surface area contributed by atoms with Crippen LogP contribution in [0, 0.1) is 5.92 Å². The average Bonchev–Trinajstić information content (AvgIpc) is 3.13. The lowest BCUT2D eigenvalue weighted by atomic mass is 10.0. The maximum absolute atomic E-state index is 5.45. The van der Waals surface area contributed by atoms with Crippen molar-refractivity contribution in [3.63, 3.8) is 0 Å². The molecule has 1 N–H and O–H groups in total. The van der Waals surface area contributed by atoms with Crippen LogP contribution in [0.2, 0.25) is 0 Å². The van der Waals surface area contributed by atoms with Crippen LogP contribution in [-0.2, 0) is 6.42 Å². The van der Waals surface area contributed by atoms with E-state index < -0.39 is 0 Å². The van der Waals surface area contributed by atoms with Gasteiger partial charge in [0.25, 0.3) is 0 Å². The molecule has 1 atom stereocenters. The summed E-state index contributed by atoms with van der Waals surface area (Å²) in [7, 11) is 1.75. The summed E-state index contributed by atoms with van der Waals surface area (Å²) < 4.78 is 6.58. The van der Waals surface area contributed by atoms with Crippen molar-refractivity contribution >= 4 is 15.9 Å². The topological polar surface area (TPSA) is 21.3 Å². The summed E-state index contributed by atoms with van der Waals surface area (Å²) >= 11 is 3.54. The van der Waals surface area contributed by atoms with Gasteiger partial charge in [0, 0.05) is 10.5 Å². The number of ether oxygens (including phenoxy) is 1. The molecule has 2 rings (SSSR count). The first-order valence-corrected chi connectivity index (χ1v) is 7.58. The molecule has 0 bridgehead atoms. The Balaban J connectivity index is 2.05. The quantitative estimate of drug-likeness (QED) is 0.827. The summed E-state index contributed by atoms with van der Waals surface area (Å²) in [5.41, 5.74) is 1.29. The summed E-state index contributed by atoms with van der Waals surface area (Å²) in [5.74, 6) is 1.95. The zero-order chi connectivity index (χ0) is 13.0. The van der Waals surface area contributed by atoms with Crippen LogP contribution in [0.3, 0.4) is 0 Å². The second kappa shape index (κ2) is 6.58. The number of rotatable bonds is 7. The van der Waals surface area contributed by atoms with Crippen LogP contribution in [0.1, 0.15) is 31.7 Å². The lowest BCUT2D eigenvalue weighted by Gasteiger charge is -2.19. The van der Waals surface area contributed by atoms with Crippen LogP contribution >= 0.6 is 15.9 Å². The molecule has 0 heterocycles. The average molecular weight is 312 g/mol. The fourth-order valence-electron chi connectivity index (χ4n) is 2.46. The van der Waals surface area contributed by atoms with Crippen LogP contribution in [0.25, 0.3) is 0 Å². The minimum absolute atomic E-state index is 0.575. The van der Waals surface area contributed by atoms with Gasteiger partial charge < -0.3 is 10.1 Å². The Kier molecular flexibility index (Phi) is 5.07. The van der Waals surface area contributed by atoms with E-state index in [9.17, 15) is 0 Å². The van der Waals surface area contributed by atoms with Crippen molar-refractivity contribution in [3.05, 3.63) is 28.2 Å². The molecule has 1 aromatic carbocycles. The number of halogens is 1. The van der Waals surface area contributed by atoms with E-state index in [1.807, 2.05) is 12.1 Å². The molecule has 1 aliphatic carbocycles. The fraction of sp³-hybridized carbons (Fsp3) is 0.600. The van der Waals surface area contributed by atoms with Crippen LogP contribution in [0.4, 0.5) is 0 Å². The number of likely N-dealkylation sites (N-methyl/N-ethyl adjacent to an activating group) is 1. The molecule has 1 saturated carbocycles. The molecule has 0 amide bonds. The highest BCUT2D eigenvalue weighted by molar-refractivity contribution is 9.10. The summed E-state index contributed by atoms with van der Waals surface area (Å²) in [6.07, 6.45) is 5.17. The van der Waals surface area contributed by atoms with Crippen LogP contribution < -0.4 is 10.1 Å². The van der Waals surface area contributed by atoms with E-state index in [4.69, 9.17) is 4.74 Å². The minimum atomic E-state index is 0.575. The number of nitrogens with one attached hydrogen (secondary N) is 1. The normalized spacial score (nSPS) is 16.6. The molecule has 0 radical (unpaired) electrons. The van der Waals surface area contributed by atoms with Crippen molar-refractivity contribution < 1.29 is 4.74 Å². The van der Waals surface area contributed by atoms with Crippen molar-refractivity contribution in [2.45, 2.75) is 38.6 Å². The van der Waals surface area contributed by atoms with Gasteiger partial charge in [-0.05, 0) is 49.1 Å². The summed E-state index contributed by atoms with van der Waals surface area (Å²) in [6.45, 7) is 3.21. The standard InChI is InChI=1S/C15H22BrNO/c1-3-17-14(8-11-4-5-11)10-12-9-13(16)6-7-15(12)18-2/h6-7,9,11,14,17H,3-5,8,10H2,1-2H3. The van der Waals surface area contributed by atoms with Crippen molar-refractivity contribution in [2.24, 2.45) is 5.92 Å². The first-order valence-electron chi connectivity index (χ1n) is 6.78. The molecular formula is C15H22BrNO. The molecule has 1 aliphatic rings. The van der Waals surface area contributed by atoms with Gasteiger partial charge in [-0.2, -0.15) is 0 Å². The summed E-state index contributed by atoms with van der Waals surface area (Å²) in [6, 6.07) is 6.83. The van der Waals surface area contributed by atoms with Gasteiger partial charge in [0.05, 0.1) is 7.11 Å². The van der Waals surface area contributed by atoms with E-state index in [-0.39, 0.29) is 0 Å². The van der Waals surface area contributed by atoms with Gasteiger partial charge in [0.15, 0.2) is 0 Å². The fourth-order valence-corrected chi connectivity index (χ4v) is 2.86. The maximum Gasteiger partial charge on any atom is 0.122 e. The van der Waals surface area contributed by atoms with Crippen LogP contribution in [0.15, 0.2) is 22.7 Å². The van der Waals surface area contributed by atoms with E-state index in [1.165, 1.54) is 24.8 Å². The van der Waals surface area contributed by atoms with Gasteiger partial charge in [-0.15, -0.1) is 0 Å². The Morgan fingerprint density at radius 2 is 2.22 bits per heavy atom. The maximum atomic E-state index is 5.45. The van der Waals surface area contributed by atoms with Gasteiger partial charge in [0.1, 0.15) is 5.75 Å². The molecule has 3 heteroatoms.